The Hall–Kier alpha value is -0.610. The SMILES string of the molecule is Cc1ccnc(NC2CCCCC2N)c1Br. The van der Waals surface area contributed by atoms with Crippen molar-refractivity contribution in [1.29, 1.82) is 0 Å². The van der Waals surface area contributed by atoms with Crippen LogP contribution in [-0.2, 0) is 0 Å². The predicted molar refractivity (Wildman–Crippen MR) is 70.5 cm³/mol. The van der Waals surface area contributed by atoms with Crippen molar-refractivity contribution >= 4 is 21.7 Å². The van der Waals surface area contributed by atoms with Gasteiger partial charge in [0.2, 0.25) is 0 Å². The molecule has 1 saturated carbocycles. The molecule has 1 heterocycles. The molecule has 16 heavy (non-hydrogen) atoms. The van der Waals surface area contributed by atoms with Crippen molar-refractivity contribution in [3.8, 4) is 0 Å². The molecule has 0 aliphatic heterocycles. The quantitative estimate of drug-likeness (QED) is 0.878. The van der Waals surface area contributed by atoms with Crippen LogP contribution in [0.15, 0.2) is 16.7 Å². The van der Waals surface area contributed by atoms with Gasteiger partial charge in [0.15, 0.2) is 0 Å². The highest BCUT2D eigenvalue weighted by molar-refractivity contribution is 9.10. The third-order valence-electron chi connectivity index (χ3n) is 3.22. The fourth-order valence-corrected chi connectivity index (χ4v) is 2.50. The van der Waals surface area contributed by atoms with Crippen molar-refractivity contribution in [2.24, 2.45) is 5.73 Å². The van der Waals surface area contributed by atoms with E-state index in [1.807, 2.05) is 12.3 Å². The molecule has 1 aromatic rings. The molecule has 2 atom stereocenters. The zero-order valence-corrected chi connectivity index (χ0v) is 11.1. The van der Waals surface area contributed by atoms with Crippen molar-refractivity contribution < 1.29 is 0 Å². The number of anilines is 1. The number of rotatable bonds is 2. The minimum Gasteiger partial charge on any atom is -0.365 e. The second kappa shape index (κ2) is 5.15. The van der Waals surface area contributed by atoms with E-state index >= 15 is 0 Å². The topological polar surface area (TPSA) is 50.9 Å². The first-order valence-electron chi connectivity index (χ1n) is 5.81. The van der Waals surface area contributed by atoms with Crippen LogP contribution < -0.4 is 11.1 Å². The Balaban J connectivity index is 2.10. The number of hydrogen-bond acceptors (Lipinski definition) is 3. The number of pyridine rings is 1. The van der Waals surface area contributed by atoms with Crippen LogP contribution in [0, 0.1) is 6.92 Å². The van der Waals surface area contributed by atoms with Gasteiger partial charge in [-0.2, -0.15) is 0 Å². The van der Waals surface area contributed by atoms with Crippen molar-refractivity contribution in [1.82, 2.24) is 4.98 Å². The molecule has 3 N–H and O–H groups in total. The first kappa shape index (κ1) is 11.9. The van der Waals surface area contributed by atoms with Crippen LogP contribution in [0.2, 0.25) is 0 Å². The van der Waals surface area contributed by atoms with Crippen LogP contribution in [-0.4, -0.2) is 17.1 Å². The van der Waals surface area contributed by atoms with Crippen LogP contribution in [0.3, 0.4) is 0 Å². The molecule has 0 saturated heterocycles. The van der Waals surface area contributed by atoms with E-state index < -0.39 is 0 Å². The van der Waals surface area contributed by atoms with E-state index in [1.54, 1.807) is 0 Å². The molecule has 0 aromatic carbocycles. The van der Waals surface area contributed by atoms with Crippen molar-refractivity contribution in [2.45, 2.75) is 44.7 Å². The number of nitrogens with one attached hydrogen (secondary N) is 1. The molecule has 3 nitrogen and oxygen atoms in total. The minimum absolute atomic E-state index is 0.253. The van der Waals surface area contributed by atoms with E-state index in [0.717, 1.165) is 23.1 Å². The van der Waals surface area contributed by atoms with E-state index in [2.05, 4.69) is 33.2 Å². The summed E-state index contributed by atoms with van der Waals surface area (Å²) in [5.41, 5.74) is 7.31. The van der Waals surface area contributed by atoms with Crippen LogP contribution in [0.25, 0.3) is 0 Å². The van der Waals surface area contributed by atoms with Crippen LogP contribution >= 0.6 is 15.9 Å². The number of aryl methyl sites for hydroxylation is 1. The van der Waals surface area contributed by atoms with Gasteiger partial charge >= 0.3 is 0 Å². The second-order valence-electron chi connectivity index (χ2n) is 4.49. The number of hydrogen-bond donors (Lipinski definition) is 2. The largest absolute Gasteiger partial charge is 0.365 e. The molecule has 0 spiro atoms. The van der Waals surface area contributed by atoms with Gasteiger partial charge in [0.1, 0.15) is 5.82 Å². The Morgan fingerprint density at radius 2 is 2.19 bits per heavy atom. The maximum absolute atomic E-state index is 6.11. The lowest BCUT2D eigenvalue weighted by Gasteiger charge is -2.30. The first-order chi connectivity index (χ1) is 7.68. The number of nitrogens with two attached hydrogens (primary N) is 1. The second-order valence-corrected chi connectivity index (χ2v) is 5.28. The van der Waals surface area contributed by atoms with Gasteiger partial charge in [-0.05, 0) is 47.3 Å². The number of halogens is 1. The van der Waals surface area contributed by atoms with Gasteiger partial charge < -0.3 is 11.1 Å². The normalized spacial score (nSPS) is 25.4. The molecule has 4 heteroatoms. The smallest absolute Gasteiger partial charge is 0.140 e. The summed E-state index contributed by atoms with van der Waals surface area (Å²) in [7, 11) is 0. The van der Waals surface area contributed by atoms with E-state index in [9.17, 15) is 0 Å². The highest BCUT2D eigenvalue weighted by Gasteiger charge is 2.22. The van der Waals surface area contributed by atoms with Crippen molar-refractivity contribution in [3.63, 3.8) is 0 Å². The van der Waals surface area contributed by atoms with Crippen molar-refractivity contribution in [2.75, 3.05) is 5.32 Å². The monoisotopic (exact) mass is 283 g/mol. The molecule has 0 bridgehead atoms. The average molecular weight is 284 g/mol. The lowest BCUT2D eigenvalue weighted by Crippen LogP contribution is -2.42. The Morgan fingerprint density at radius 3 is 2.94 bits per heavy atom. The Morgan fingerprint density at radius 1 is 1.44 bits per heavy atom. The molecule has 88 valence electrons. The zero-order chi connectivity index (χ0) is 11.5. The molecule has 2 unspecified atom stereocenters. The molecule has 1 aromatic heterocycles. The lowest BCUT2D eigenvalue weighted by atomic mass is 9.91. The fourth-order valence-electron chi connectivity index (χ4n) is 2.16. The van der Waals surface area contributed by atoms with Crippen LogP contribution in [0.4, 0.5) is 5.82 Å². The summed E-state index contributed by atoms with van der Waals surface area (Å²) in [4.78, 5) is 4.35. The molecular formula is C12H18BrN3. The summed E-state index contributed by atoms with van der Waals surface area (Å²) in [6, 6.07) is 2.61. The Kier molecular flexibility index (Phi) is 3.82. The van der Waals surface area contributed by atoms with Crippen LogP contribution in [0.1, 0.15) is 31.2 Å². The summed E-state index contributed by atoms with van der Waals surface area (Å²) in [5.74, 6) is 0.919. The molecule has 1 aliphatic rings. The van der Waals surface area contributed by atoms with Gasteiger partial charge in [-0.15, -0.1) is 0 Å². The Labute approximate surface area is 105 Å². The Bertz CT molecular complexity index is 367. The minimum atomic E-state index is 0.253. The van der Waals surface area contributed by atoms with Gasteiger partial charge in [0.25, 0.3) is 0 Å². The third-order valence-corrected chi connectivity index (χ3v) is 4.22. The average Bonchev–Trinajstić information content (AvgIpc) is 2.28. The fraction of sp³-hybridized carbons (Fsp3) is 0.583. The summed E-state index contributed by atoms with van der Waals surface area (Å²) >= 11 is 3.56. The van der Waals surface area contributed by atoms with Gasteiger partial charge in [-0.3, -0.25) is 0 Å². The summed E-state index contributed by atoms with van der Waals surface area (Å²) in [6.07, 6.45) is 6.59. The third kappa shape index (κ3) is 2.55. The van der Waals surface area contributed by atoms with Gasteiger partial charge in [-0.25, -0.2) is 4.98 Å². The van der Waals surface area contributed by atoms with Gasteiger partial charge in [0, 0.05) is 18.3 Å². The molecule has 2 rings (SSSR count). The molecule has 1 fully saturated rings. The maximum atomic E-state index is 6.11. The molecule has 0 amide bonds. The summed E-state index contributed by atoms with van der Waals surface area (Å²) < 4.78 is 1.05. The number of nitrogens with zero attached hydrogens (tertiary/aromatic N) is 1. The van der Waals surface area contributed by atoms with E-state index in [-0.39, 0.29) is 6.04 Å². The molecule has 1 aliphatic carbocycles. The molecule has 0 radical (unpaired) electrons. The zero-order valence-electron chi connectivity index (χ0n) is 9.54. The predicted octanol–water partition coefficient (Wildman–Crippen LogP) is 2.83. The number of aromatic nitrogens is 1. The van der Waals surface area contributed by atoms with Crippen molar-refractivity contribution in [3.05, 3.63) is 22.3 Å². The highest BCUT2D eigenvalue weighted by atomic mass is 79.9. The van der Waals surface area contributed by atoms with Gasteiger partial charge in [-0.1, -0.05) is 12.8 Å². The standard InChI is InChI=1S/C12H18BrN3/c1-8-6-7-15-12(11(8)13)16-10-5-3-2-4-9(10)14/h6-7,9-10H,2-5,14H2,1H3,(H,15,16). The van der Waals surface area contributed by atoms with Crippen LogP contribution in [0.5, 0.6) is 0 Å². The summed E-state index contributed by atoms with van der Waals surface area (Å²) in [6.45, 7) is 2.07. The summed E-state index contributed by atoms with van der Waals surface area (Å²) in [5, 5.41) is 3.46. The van der Waals surface area contributed by atoms with E-state index in [0.29, 0.717) is 6.04 Å². The highest BCUT2D eigenvalue weighted by Crippen LogP contribution is 2.26. The van der Waals surface area contributed by atoms with Gasteiger partial charge in [0.05, 0.1) is 4.47 Å². The first-order valence-corrected chi connectivity index (χ1v) is 6.61. The van der Waals surface area contributed by atoms with E-state index in [4.69, 9.17) is 5.73 Å². The molecular weight excluding hydrogens is 266 g/mol. The van der Waals surface area contributed by atoms with E-state index in [1.165, 1.54) is 18.4 Å². The lowest BCUT2D eigenvalue weighted by molar-refractivity contribution is 0.403. The maximum Gasteiger partial charge on any atom is 0.140 e.